The Morgan fingerprint density at radius 3 is 2.30 bits per heavy atom. The number of Topliss-reactive ketones (excluding diaryl/α,β-unsaturated/α-hetero) is 1. The number of benzene rings is 2. The fourth-order valence-corrected chi connectivity index (χ4v) is 4.88. The molecule has 1 aliphatic heterocycles. The SMILES string of the molecule is Cc1cc(C(=O)C2CCN(S(=O)(=O)Cc3ccc(F)cc3)CC2)ccc1F. The van der Waals surface area contributed by atoms with E-state index in [0.29, 0.717) is 29.5 Å². The summed E-state index contributed by atoms with van der Waals surface area (Å²) >= 11 is 0. The zero-order valence-corrected chi connectivity index (χ0v) is 15.8. The van der Waals surface area contributed by atoms with Crippen LogP contribution in [0.1, 0.15) is 34.3 Å². The highest BCUT2D eigenvalue weighted by atomic mass is 32.2. The Balaban J connectivity index is 1.62. The van der Waals surface area contributed by atoms with Crippen molar-refractivity contribution in [2.75, 3.05) is 13.1 Å². The number of hydrogen-bond donors (Lipinski definition) is 0. The summed E-state index contributed by atoms with van der Waals surface area (Å²) in [4.78, 5) is 12.6. The number of sulfonamides is 1. The van der Waals surface area contributed by atoms with Crippen LogP contribution in [0.2, 0.25) is 0 Å². The smallest absolute Gasteiger partial charge is 0.218 e. The number of ketones is 1. The molecule has 27 heavy (non-hydrogen) atoms. The lowest BCUT2D eigenvalue weighted by Crippen LogP contribution is -2.40. The first-order valence-electron chi connectivity index (χ1n) is 8.79. The lowest BCUT2D eigenvalue weighted by Gasteiger charge is -2.30. The molecule has 7 heteroatoms. The third kappa shape index (κ3) is 4.59. The number of piperidine rings is 1. The van der Waals surface area contributed by atoms with Crippen LogP contribution >= 0.6 is 0 Å². The topological polar surface area (TPSA) is 54.5 Å². The van der Waals surface area contributed by atoms with Gasteiger partial charge in [-0.2, -0.15) is 0 Å². The van der Waals surface area contributed by atoms with Gasteiger partial charge in [0.1, 0.15) is 11.6 Å². The molecule has 0 radical (unpaired) electrons. The Morgan fingerprint density at radius 2 is 1.70 bits per heavy atom. The summed E-state index contributed by atoms with van der Waals surface area (Å²) in [6.07, 6.45) is 0.857. The van der Waals surface area contributed by atoms with Gasteiger partial charge in [0.2, 0.25) is 10.0 Å². The maximum absolute atomic E-state index is 13.4. The van der Waals surface area contributed by atoms with Crippen molar-refractivity contribution in [1.29, 1.82) is 0 Å². The first-order chi connectivity index (χ1) is 12.8. The van der Waals surface area contributed by atoms with Gasteiger partial charge in [0.25, 0.3) is 0 Å². The fourth-order valence-electron chi connectivity index (χ4n) is 3.31. The highest BCUT2D eigenvalue weighted by Gasteiger charge is 2.31. The molecule has 1 heterocycles. The van der Waals surface area contributed by atoms with Gasteiger partial charge in [0, 0.05) is 24.6 Å². The molecule has 0 saturated carbocycles. The monoisotopic (exact) mass is 393 g/mol. The van der Waals surface area contributed by atoms with Crippen LogP contribution in [0.5, 0.6) is 0 Å². The lowest BCUT2D eigenvalue weighted by atomic mass is 9.89. The molecule has 0 aromatic heterocycles. The van der Waals surface area contributed by atoms with Gasteiger partial charge in [-0.15, -0.1) is 0 Å². The predicted octanol–water partition coefficient (Wildman–Crippen LogP) is 3.70. The highest BCUT2D eigenvalue weighted by molar-refractivity contribution is 7.88. The number of carbonyl (C=O) groups excluding carboxylic acids is 1. The van der Waals surface area contributed by atoms with Gasteiger partial charge in [-0.05, 0) is 61.2 Å². The standard InChI is InChI=1S/C20H21F2NO3S/c1-14-12-17(4-7-19(14)22)20(24)16-8-10-23(11-9-16)27(25,26)13-15-2-5-18(21)6-3-15/h2-7,12,16H,8-11,13H2,1H3. The van der Waals surface area contributed by atoms with Crippen molar-refractivity contribution >= 4 is 15.8 Å². The van der Waals surface area contributed by atoms with E-state index >= 15 is 0 Å². The molecule has 0 amide bonds. The third-order valence-corrected chi connectivity index (χ3v) is 6.77. The van der Waals surface area contributed by atoms with Gasteiger partial charge in [-0.1, -0.05) is 12.1 Å². The maximum atomic E-state index is 13.4. The molecular formula is C20H21F2NO3S. The summed E-state index contributed by atoms with van der Waals surface area (Å²) in [6, 6.07) is 9.68. The van der Waals surface area contributed by atoms with E-state index in [4.69, 9.17) is 0 Å². The molecule has 0 bridgehead atoms. The van der Waals surface area contributed by atoms with Gasteiger partial charge in [0.05, 0.1) is 5.75 Å². The van der Waals surface area contributed by atoms with Crippen LogP contribution in [-0.4, -0.2) is 31.6 Å². The van der Waals surface area contributed by atoms with Crippen LogP contribution in [-0.2, 0) is 15.8 Å². The number of carbonyl (C=O) groups is 1. The molecule has 3 rings (SSSR count). The predicted molar refractivity (Wildman–Crippen MR) is 98.8 cm³/mol. The minimum atomic E-state index is -3.53. The van der Waals surface area contributed by atoms with Crippen LogP contribution in [0.3, 0.4) is 0 Å². The van der Waals surface area contributed by atoms with Crippen molar-refractivity contribution in [2.45, 2.75) is 25.5 Å². The van der Waals surface area contributed by atoms with E-state index in [1.165, 1.54) is 46.8 Å². The van der Waals surface area contributed by atoms with Crippen LogP contribution in [0.15, 0.2) is 42.5 Å². The minimum absolute atomic E-state index is 0.0753. The quantitative estimate of drug-likeness (QED) is 0.728. The molecule has 4 nitrogen and oxygen atoms in total. The van der Waals surface area contributed by atoms with Crippen molar-refractivity contribution < 1.29 is 22.0 Å². The molecule has 0 spiro atoms. The number of aryl methyl sites for hydroxylation is 1. The fraction of sp³-hybridized carbons (Fsp3) is 0.350. The second-order valence-corrected chi connectivity index (χ2v) is 8.85. The molecule has 1 saturated heterocycles. The summed E-state index contributed by atoms with van der Waals surface area (Å²) < 4.78 is 52.9. The summed E-state index contributed by atoms with van der Waals surface area (Å²) in [5.41, 5.74) is 1.40. The highest BCUT2D eigenvalue weighted by Crippen LogP contribution is 2.25. The molecule has 0 N–H and O–H groups in total. The molecule has 1 aliphatic rings. The zero-order chi connectivity index (χ0) is 19.6. The minimum Gasteiger partial charge on any atom is -0.294 e. The van der Waals surface area contributed by atoms with E-state index in [9.17, 15) is 22.0 Å². The number of hydrogen-bond acceptors (Lipinski definition) is 3. The second-order valence-electron chi connectivity index (χ2n) is 6.88. The van der Waals surface area contributed by atoms with Gasteiger partial charge in [-0.25, -0.2) is 21.5 Å². The Hall–Kier alpha value is -2.12. The van der Waals surface area contributed by atoms with Crippen molar-refractivity contribution in [2.24, 2.45) is 5.92 Å². The Kier molecular flexibility index (Phi) is 5.72. The molecule has 144 valence electrons. The summed E-state index contributed by atoms with van der Waals surface area (Å²) in [7, 11) is -3.53. The van der Waals surface area contributed by atoms with E-state index in [-0.39, 0.29) is 36.4 Å². The van der Waals surface area contributed by atoms with Crippen LogP contribution in [0.4, 0.5) is 8.78 Å². The lowest BCUT2D eigenvalue weighted by molar-refractivity contribution is 0.0875. The molecule has 1 fully saturated rings. The molecule has 2 aromatic rings. The summed E-state index contributed by atoms with van der Waals surface area (Å²) in [5.74, 6) is -1.30. The van der Waals surface area contributed by atoms with Gasteiger partial charge in [0.15, 0.2) is 5.78 Å². The zero-order valence-electron chi connectivity index (χ0n) is 15.0. The average molecular weight is 393 g/mol. The van der Waals surface area contributed by atoms with Crippen LogP contribution < -0.4 is 0 Å². The van der Waals surface area contributed by atoms with Crippen molar-refractivity contribution in [3.05, 3.63) is 70.8 Å². The summed E-state index contributed by atoms with van der Waals surface area (Å²) in [6.45, 7) is 2.14. The first kappa shape index (κ1) is 19.6. The Morgan fingerprint density at radius 1 is 1.07 bits per heavy atom. The van der Waals surface area contributed by atoms with E-state index < -0.39 is 15.8 Å². The first-order valence-corrected chi connectivity index (χ1v) is 10.4. The van der Waals surface area contributed by atoms with Gasteiger partial charge < -0.3 is 0 Å². The average Bonchev–Trinajstić information content (AvgIpc) is 2.65. The molecular weight excluding hydrogens is 372 g/mol. The Bertz CT molecular complexity index is 934. The Labute approximate surface area is 157 Å². The summed E-state index contributed by atoms with van der Waals surface area (Å²) in [5, 5.41) is 0. The van der Waals surface area contributed by atoms with E-state index in [1.54, 1.807) is 6.92 Å². The maximum Gasteiger partial charge on any atom is 0.218 e. The number of rotatable bonds is 5. The van der Waals surface area contributed by atoms with Crippen LogP contribution in [0, 0.1) is 24.5 Å². The molecule has 0 unspecified atom stereocenters. The van der Waals surface area contributed by atoms with E-state index in [0.717, 1.165) is 0 Å². The second kappa shape index (κ2) is 7.86. The van der Waals surface area contributed by atoms with Crippen molar-refractivity contribution in [3.8, 4) is 0 Å². The molecule has 0 aliphatic carbocycles. The van der Waals surface area contributed by atoms with Crippen LogP contribution in [0.25, 0.3) is 0 Å². The largest absolute Gasteiger partial charge is 0.294 e. The molecule has 0 atom stereocenters. The van der Waals surface area contributed by atoms with E-state index in [2.05, 4.69) is 0 Å². The van der Waals surface area contributed by atoms with Gasteiger partial charge >= 0.3 is 0 Å². The van der Waals surface area contributed by atoms with Gasteiger partial charge in [-0.3, -0.25) is 4.79 Å². The number of nitrogens with zero attached hydrogens (tertiary/aromatic N) is 1. The van der Waals surface area contributed by atoms with Crippen molar-refractivity contribution in [3.63, 3.8) is 0 Å². The van der Waals surface area contributed by atoms with Crippen molar-refractivity contribution in [1.82, 2.24) is 4.31 Å². The van der Waals surface area contributed by atoms with E-state index in [1.807, 2.05) is 0 Å². The normalized spacial score (nSPS) is 16.4. The number of halogens is 2. The molecule has 2 aromatic carbocycles. The third-order valence-electron chi connectivity index (χ3n) is 4.92.